The molecular weight excluding hydrogens is 349 g/mol. The van der Waals surface area contributed by atoms with E-state index in [4.69, 9.17) is 9.31 Å². The average Bonchev–Trinajstić information content (AvgIpc) is 3.03. The van der Waals surface area contributed by atoms with Gasteiger partial charge in [-0.15, -0.1) is 0 Å². The van der Waals surface area contributed by atoms with E-state index in [0.29, 0.717) is 28.5 Å². The van der Waals surface area contributed by atoms with Gasteiger partial charge in [0.05, 0.1) is 0 Å². The van der Waals surface area contributed by atoms with E-state index in [0.717, 1.165) is 6.42 Å². The number of aromatic nitrogens is 1. The van der Waals surface area contributed by atoms with Crippen molar-refractivity contribution in [3.8, 4) is 0 Å². The summed E-state index contributed by atoms with van der Waals surface area (Å²) in [6.07, 6.45) is 6.17. The summed E-state index contributed by atoms with van der Waals surface area (Å²) in [4.78, 5) is 0. The second-order valence-corrected chi connectivity index (χ2v) is 15.9. The van der Waals surface area contributed by atoms with E-state index in [1.54, 1.807) is 0 Å². The fourth-order valence-electron chi connectivity index (χ4n) is 5.39. The van der Waals surface area contributed by atoms with Gasteiger partial charge in [-0.05, 0) is 58.8 Å². The van der Waals surface area contributed by atoms with Gasteiger partial charge in [0.1, 0.15) is 0 Å². The zero-order chi connectivity index (χ0) is 20.5. The smallest absolute Gasteiger partial charge is 0.404 e. The third kappa shape index (κ3) is 4.40. The van der Waals surface area contributed by atoms with Crippen LogP contribution in [0.15, 0.2) is 18.5 Å². The second-order valence-electron chi connectivity index (χ2n) is 10.1. The van der Waals surface area contributed by atoms with Crippen molar-refractivity contribution in [2.75, 3.05) is 0 Å². The first-order chi connectivity index (χ1) is 12.5. The van der Waals surface area contributed by atoms with Gasteiger partial charge in [0.25, 0.3) is 0 Å². The van der Waals surface area contributed by atoms with Gasteiger partial charge in [-0.1, -0.05) is 69.2 Å². The molecule has 0 spiro atoms. The van der Waals surface area contributed by atoms with Gasteiger partial charge >= 0.3 is 7.12 Å². The molecule has 1 fully saturated rings. The molecule has 0 radical (unpaired) electrons. The minimum Gasteiger partial charge on any atom is -0.404 e. The highest BCUT2D eigenvalue weighted by Crippen LogP contribution is 2.42. The first-order valence-electron chi connectivity index (χ1n) is 11.0. The van der Waals surface area contributed by atoms with Crippen LogP contribution in [0.3, 0.4) is 0 Å². The van der Waals surface area contributed by atoms with Crippen molar-refractivity contribution in [2.45, 2.75) is 104 Å². The van der Waals surface area contributed by atoms with Gasteiger partial charge in [0.2, 0.25) is 0 Å². The molecule has 0 aliphatic carbocycles. The van der Waals surface area contributed by atoms with Crippen molar-refractivity contribution in [1.29, 1.82) is 0 Å². The summed E-state index contributed by atoms with van der Waals surface area (Å²) in [6.45, 7) is 23.5. The van der Waals surface area contributed by atoms with Crippen LogP contribution in [0.2, 0.25) is 16.6 Å². The van der Waals surface area contributed by atoms with Crippen molar-refractivity contribution >= 4 is 20.8 Å². The molecule has 2 atom stereocenters. The molecule has 1 saturated heterocycles. The minimum absolute atomic E-state index is 0.238. The Kier molecular flexibility index (Phi) is 7.48. The maximum atomic E-state index is 6.40. The van der Waals surface area contributed by atoms with E-state index in [1.165, 1.54) is 5.46 Å². The molecule has 1 aliphatic heterocycles. The van der Waals surface area contributed by atoms with Crippen LogP contribution < -0.4 is 5.46 Å². The molecule has 1 aromatic heterocycles. The van der Waals surface area contributed by atoms with Crippen LogP contribution in [0.25, 0.3) is 0 Å². The summed E-state index contributed by atoms with van der Waals surface area (Å²) in [5.41, 5.74) is 3.22. The monoisotopic (exact) mass is 391 g/mol. The third-order valence-electron chi connectivity index (χ3n) is 6.76. The fourth-order valence-corrected chi connectivity index (χ4v) is 11.9. The van der Waals surface area contributed by atoms with E-state index >= 15 is 0 Å². The lowest BCUT2D eigenvalue weighted by atomic mass is 9.76. The lowest BCUT2D eigenvalue weighted by molar-refractivity contribution is -0.0169. The number of rotatable bonds is 7. The standard InChI is InChI=1S/C22H42BNO2Si/c1-15(2)21-13-22(16(3)4)26-23(25-21)20-11-12-24(14-20)27(17(5)6,18(7)8)19(9)10/h11-12,14-19,21-22H,13H2,1-10H3. The predicted molar refractivity (Wildman–Crippen MR) is 120 cm³/mol. The number of hydrogen-bond acceptors (Lipinski definition) is 2. The maximum Gasteiger partial charge on any atom is 0.495 e. The van der Waals surface area contributed by atoms with Crippen LogP contribution in [-0.4, -0.2) is 31.8 Å². The van der Waals surface area contributed by atoms with Gasteiger partial charge in [-0.3, -0.25) is 0 Å². The highest BCUT2D eigenvalue weighted by molar-refractivity contribution is 6.82. The lowest BCUT2D eigenvalue weighted by Gasteiger charge is -2.44. The minimum atomic E-state index is -1.72. The van der Waals surface area contributed by atoms with E-state index in [2.05, 4.69) is 91.9 Å². The summed E-state index contributed by atoms with van der Waals surface area (Å²) in [6, 6.07) is 2.24. The SMILES string of the molecule is CC(C)C1CC(C(C)C)OB(c2ccn([Si](C(C)C)(C(C)C)C(C)C)c2)O1. The Balaban J connectivity index is 2.37. The molecule has 2 heterocycles. The summed E-state index contributed by atoms with van der Waals surface area (Å²) in [7, 11) is -1.96. The van der Waals surface area contributed by atoms with E-state index in [9.17, 15) is 0 Å². The van der Waals surface area contributed by atoms with Crippen molar-refractivity contribution in [3.05, 3.63) is 18.5 Å². The Morgan fingerprint density at radius 3 is 1.67 bits per heavy atom. The van der Waals surface area contributed by atoms with Crippen LogP contribution in [0.1, 0.15) is 75.7 Å². The number of hydrogen-bond donors (Lipinski definition) is 0. The molecular formula is C22H42BNO2Si. The van der Waals surface area contributed by atoms with Crippen molar-refractivity contribution in [1.82, 2.24) is 4.23 Å². The third-order valence-corrected chi connectivity index (χ3v) is 13.5. The zero-order valence-electron chi connectivity index (χ0n) is 19.3. The van der Waals surface area contributed by atoms with Gasteiger partial charge in [0.15, 0.2) is 8.24 Å². The predicted octanol–water partition coefficient (Wildman–Crippen LogP) is 5.69. The molecule has 0 aromatic carbocycles. The molecule has 0 amide bonds. The van der Waals surface area contributed by atoms with Crippen molar-refractivity contribution in [3.63, 3.8) is 0 Å². The van der Waals surface area contributed by atoms with Crippen LogP contribution in [-0.2, 0) is 9.31 Å². The Bertz CT molecular complexity index is 559. The molecule has 0 bridgehead atoms. The van der Waals surface area contributed by atoms with Crippen LogP contribution >= 0.6 is 0 Å². The molecule has 27 heavy (non-hydrogen) atoms. The zero-order valence-corrected chi connectivity index (χ0v) is 20.3. The summed E-state index contributed by atoms with van der Waals surface area (Å²) in [5, 5.41) is 0. The van der Waals surface area contributed by atoms with Crippen LogP contribution in [0.5, 0.6) is 0 Å². The second kappa shape index (κ2) is 8.88. The lowest BCUT2D eigenvalue weighted by Crippen LogP contribution is -2.53. The summed E-state index contributed by atoms with van der Waals surface area (Å²) in [5.74, 6) is 1.02. The normalized spacial score (nSPS) is 22.1. The number of nitrogens with zero attached hydrogens (tertiary/aromatic N) is 1. The van der Waals surface area contributed by atoms with E-state index in [1.807, 2.05) is 0 Å². The molecule has 0 saturated carbocycles. The van der Waals surface area contributed by atoms with Crippen LogP contribution in [0.4, 0.5) is 0 Å². The Morgan fingerprint density at radius 2 is 1.30 bits per heavy atom. The molecule has 5 heteroatoms. The summed E-state index contributed by atoms with van der Waals surface area (Å²) >= 11 is 0. The topological polar surface area (TPSA) is 23.4 Å². The molecule has 154 valence electrons. The quantitative estimate of drug-likeness (QED) is 0.557. The molecule has 0 N–H and O–H groups in total. The van der Waals surface area contributed by atoms with Gasteiger partial charge < -0.3 is 13.5 Å². The Labute approximate surface area is 169 Å². The van der Waals surface area contributed by atoms with E-state index in [-0.39, 0.29) is 19.3 Å². The van der Waals surface area contributed by atoms with Crippen LogP contribution in [0, 0.1) is 11.8 Å². The molecule has 1 aliphatic rings. The first kappa shape index (κ1) is 22.8. The van der Waals surface area contributed by atoms with Gasteiger partial charge in [-0.2, -0.15) is 0 Å². The Hall–Kier alpha value is -0.518. The Morgan fingerprint density at radius 1 is 0.852 bits per heavy atom. The van der Waals surface area contributed by atoms with Gasteiger partial charge in [-0.25, -0.2) is 0 Å². The maximum absolute atomic E-state index is 6.40. The fraction of sp³-hybridized carbons (Fsp3) is 0.818. The molecule has 1 aromatic rings. The molecule has 2 unspecified atom stereocenters. The summed E-state index contributed by atoms with van der Waals surface area (Å²) < 4.78 is 15.4. The van der Waals surface area contributed by atoms with Crippen molar-refractivity contribution in [2.24, 2.45) is 11.8 Å². The van der Waals surface area contributed by atoms with Gasteiger partial charge in [0, 0.05) is 12.2 Å². The molecule has 3 nitrogen and oxygen atoms in total. The van der Waals surface area contributed by atoms with E-state index < -0.39 is 8.24 Å². The largest absolute Gasteiger partial charge is 0.495 e. The highest BCUT2D eigenvalue weighted by Gasteiger charge is 2.46. The molecule has 2 rings (SSSR count). The highest BCUT2D eigenvalue weighted by atomic mass is 28.3. The van der Waals surface area contributed by atoms with Crippen molar-refractivity contribution < 1.29 is 9.31 Å². The average molecular weight is 391 g/mol. The first-order valence-corrected chi connectivity index (χ1v) is 13.2.